The Morgan fingerprint density at radius 1 is 1.27 bits per heavy atom. The van der Waals surface area contributed by atoms with E-state index in [9.17, 15) is 9.59 Å². The molecule has 1 aromatic carbocycles. The molecule has 0 radical (unpaired) electrons. The number of aromatic nitrogens is 4. The van der Waals surface area contributed by atoms with E-state index in [1.54, 1.807) is 0 Å². The first kappa shape index (κ1) is 19.9. The highest BCUT2D eigenvalue weighted by Crippen LogP contribution is 2.40. The van der Waals surface area contributed by atoms with Gasteiger partial charge in [0.25, 0.3) is 11.5 Å². The number of H-pyrrole nitrogens is 2. The highest BCUT2D eigenvalue weighted by Gasteiger charge is 2.35. The lowest BCUT2D eigenvalue weighted by atomic mass is 9.74. The minimum absolute atomic E-state index is 0.0277. The van der Waals surface area contributed by atoms with Gasteiger partial charge >= 0.3 is 0 Å². The van der Waals surface area contributed by atoms with E-state index >= 15 is 0 Å². The minimum atomic E-state index is -0.334. The molecule has 2 heterocycles. The van der Waals surface area contributed by atoms with Gasteiger partial charge in [-0.15, -0.1) is 0 Å². The molecular weight excluding hydrogens is 380 g/mol. The smallest absolute Gasteiger partial charge is 0.269 e. The number of aromatic amines is 2. The molecule has 0 bridgehead atoms. The van der Waals surface area contributed by atoms with Crippen molar-refractivity contribution in [1.29, 1.82) is 0 Å². The Morgan fingerprint density at radius 2 is 2.03 bits per heavy atom. The fourth-order valence-electron chi connectivity index (χ4n) is 3.97. The van der Waals surface area contributed by atoms with Crippen molar-refractivity contribution in [3.63, 3.8) is 0 Å². The van der Waals surface area contributed by atoms with E-state index in [-0.39, 0.29) is 28.6 Å². The molecule has 8 heteroatoms. The zero-order chi connectivity index (χ0) is 21.3. The van der Waals surface area contributed by atoms with E-state index in [0.717, 1.165) is 24.1 Å². The van der Waals surface area contributed by atoms with Gasteiger partial charge in [-0.2, -0.15) is 0 Å². The highest BCUT2D eigenvalue weighted by molar-refractivity contribution is 5.92. The van der Waals surface area contributed by atoms with E-state index in [2.05, 4.69) is 46.5 Å². The first-order chi connectivity index (χ1) is 14.3. The molecule has 0 fully saturated rings. The van der Waals surface area contributed by atoms with Crippen molar-refractivity contribution in [2.24, 2.45) is 5.41 Å². The second kappa shape index (κ2) is 7.78. The Morgan fingerprint density at radius 3 is 2.73 bits per heavy atom. The summed E-state index contributed by atoms with van der Waals surface area (Å²) >= 11 is 0. The number of hydrogen-bond acceptors (Lipinski definition) is 5. The molecular formula is C22H26N6O2. The Hall–Kier alpha value is -3.42. The van der Waals surface area contributed by atoms with Crippen molar-refractivity contribution in [3.05, 3.63) is 75.5 Å². The van der Waals surface area contributed by atoms with Crippen molar-refractivity contribution < 1.29 is 4.79 Å². The van der Waals surface area contributed by atoms with Crippen LogP contribution in [0.2, 0.25) is 0 Å². The van der Waals surface area contributed by atoms with Crippen LogP contribution < -0.4 is 15.8 Å². The number of nitrogens with zero attached hydrogens (tertiary/aromatic N) is 3. The van der Waals surface area contributed by atoms with E-state index in [1.807, 2.05) is 36.3 Å². The lowest BCUT2D eigenvalue weighted by Gasteiger charge is -2.36. The van der Waals surface area contributed by atoms with Gasteiger partial charge in [0.05, 0.1) is 11.7 Å². The standard InChI is InChI=1S/C22H26N6O2/c1-22(2)10-17(24-20(30)16-9-19(29)27-26-16)15-12-23-21(25-18(15)11-22)28(3)13-14-7-5-4-6-8-14/h4-9,12,17H,10-11,13H2,1-3H3,(H,24,30)(H2,26,27,29). The van der Waals surface area contributed by atoms with Crippen LogP contribution in [0.25, 0.3) is 0 Å². The fraction of sp³-hybridized carbons (Fsp3) is 0.364. The summed E-state index contributed by atoms with van der Waals surface area (Å²) in [6, 6.07) is 11.2. The Balaban J connectivity index is 1.58. The second-order valence-corrected chi connectivity index (χ2v) is 8.66. The number of amides is 1. The maximum absolute atomic E-state index is 12.6. The lowest BCUT2D eigenvalue weighted by molar-refractivity contribution is 0.0914. The van der Waals surface area contributed by atoms with E-state index in [4.69, 9.17) is 4.98 Å². The van der Waals surface area contributed by atoms with Crippen LogP contribution in [0.3, 0.4) is 0 Å². The Kier molecular flexibility index (Phi) is 5.15. The Labute approximate surface area is 174 Å². The van der Waals surface area contributed by atoms with Gasteiger partial charge in [0.15, 0.2) is 0 Å². The number of nitrogens with one attached hydrogen (secondary N) is 3. The maximum Gasteiger partial charge on any atom is 0.269 e. The number of carbonyl (C=O) groups excluding carboxylic acids is 1. The second-order valence-electron chi connectivity index (χ2n) is 8.66. The molecule has 1 aliphatic rings. The van der Waals surface area contributed by atoms with Gasteiger partial charge in [0.1, 0.15) is 5.69 Å². The number of fused-ring (bicyclic) bond motifs is 1. The monoisotopic (exact) mass is 406 g/mol. The average Bonchev–Trinajstić information content (AvgIpc) is 3.14. The quantitative estimate of drug-likeness (QED) is 0.604. The summed E-state index contributed by atoms with van der Waals surface area (Å²) in [7, 11) is 1.98. The zero-order valence-corrected chi connectivity index (χ0v) is 17.4. The van der Waals surface area contributed by atoms with Crippen molar-refractivity contribution in [2.75, 3.05) is 11.9 Å². The molecule has 156 valence electrons. The third-order valence-corrected chi connectivity index (χ3v) is 5.42. The van der Waals surface area contributed by atoms with Crippen LogP contribution in [0.4, 0.5) is 5.95 Å². The van der Waals surface area contributed by atoms with Crippen molar-refractivity contribution in [1.82, 2.24) is 25.5 Å². The molecule has 2 aromatic heterocycles. The molecule has 0 spiro atoms. The molecule has 8 nitrogen and oxygen atoms in total. The Bertz CT molecular complexity index is 1100. The number of rotatable bonds is 5. The van der Waals surface area contributed by atoms with Crippen LogP contribution in [0.1, 0.15) is 53.6 Å². The summed E-state index contributed by atoms with van der Waals surface area (Å²) < 4.78 is 0. The van der Waals surface area contributed by atoms with Crippen molar-refractivity contribution in [3.8, 4) is 0 Å². The summed E-state index contributed by atoms with van der Waals surface area (Å²) in [5.41, 5.74) is 2.91. The van der Waals surface area contributed by atoms with E-state index in [1.165, 1.54) is 11.6 Å². The van der Waals surface area contributed by atoms with Gasteiger partial charge in [-0.1, -0.05) is 44.2 Å². The normalized spacial score (nSPS) is 17.2. The number of benzene rings is 1. The van der Waals surface area contributed by atoms with Gasteiger partial charge in [0.2, 0.25) is 5.95 Å². The van der Waals surface area contributed by atoms with E-state index in [0.29, 0.717) is 12.5 Å². The third kappa shape index (κ3) is 4.27. The third-order valence-electron chi connectivity index (χ3n) is 5.42. The largest absolute Gasteiger partial charge is 0.344 e. The van der Waals surface area contributed by atoms with Crippen molar-refractivity contribution >= 4 is 11.9 Å². The topological polar surface area (TPSA) is 107 Å². The minimum Gasteiger partial charge on any atom is -0.344 e. The molecule has 1 amide bonds. The molecule has 3 aromatic rings. The van der Waals surface area contributed by atoms with Gasteiger partial charge in [-0.3, -0.25) is 19.8 Å². The van der Waals surface area contributed by atoms with Gasteiger partial charge < -0.3 is 10.2 Å². The molecule has 4 rings (SSSR count). The predicted molar refractivity (Wildman–Crippen MR) is 114 cm³/mol. The molecule has 1 aliphatic carbocycles. The van der Waals surface area contributed by atoms with E-state index < -0.39 is 0 Å². The summed E-state index contributed by atoms with van der Waals surface area (Å²) in [6.07, 6.45) is 3.40. The zero-order valence-electron chi connectivity index (χ0n) is 17.4. The molecule has 1 atom stereocenters. The molecule has 3 N–H and O–H groups in total. The van der Waals surface area contributed by atoms with Crippen LogP contribution in [0, 0.1) is 5.41 Å². The van der Waals surface area contributed by atoms with Gasteiger partial charge in [-0.05, 0) is 23.8 Å². The summed E-state index contributed by atoms with van der Waals surface area (Å²) in [4.78, 5) is 35.3. The predicted octanol–water partition coefficient (Wildman–Crippen LogP) is 2.57. The highest BCUT2D eigenvalue weighted by atomic mass is 16.2. The van der Waals surface area contributed by atoms with Crippen LogP contribution in [0.5, 0.6) is 0 Å². The first-order valence-corrected chi connectivity index (χ1v) is 10.0. The summed E-state index contributed by atoms with van der Waals surface area (Å²) in [5, 5.41) is 8.02. The maximum atomic E-state index is 12.6. The molecule has 0 aliphatic heterocycles. The molecule has 1 unspecified atom stereocenters. The summed E-state index contributed by atoms with van der Waals surface area (Å²) in [6.45, 7) is 5.05. The lowest BCUT2D eigenvalue weighted by Crippen LogP contribution is -2.37. The van der Waals surface area contributed by atoms with Crippen LogP contribution in [0.15, 0.2) is 47.4 Å². The van der Waals surface area contributed by atoms with Crippen LogP contribution in [-0.4, -0.2) is 33.1 Å². The first-order valence-electron chi connectivity index (χ1n) is 10.0. The molecule has 0 saturated heterocycles. The number of carbonyl (C=O) groups is 1. The number of hydrogen-bond donors (Lipinski definition) is 3. The van der Waals surface area contributed by atoms with Crippen molar-refractivity contribution in [2.45, 2.75) is 39.3 Å². The van der Waals surface area contributed by atoms with Crippen LogP contribution >= 0.6 is 0 Å². The average molecular weight is 406 g/mol. The summed E-state index contributed by atoms with van der Waals surface area (Å²) in [5.74, 6) is 0.336. The SMILES string of the molecule is CN(Cc1ccccc1)c1ncc2c(n1)CC(C)(C)CC2NC(=O)c1cc(=O)[nH][nH]1. The van der Waals surface area contributed by atoms with Gasteiger partial charge in [0, 0.05) is 31.4 Å². The fourth-order valence-corrected chi connectivity index (χ4v) is 3.97. The molecule has 30 heavy (non-hydrogen) atoms. The number of anilines is 1. The molecule has 0 saturated carbocycles. The van der Waals surface area contributed by atoms with Crippen LogP contribution in [-0.2, 0) is 13.0 Å². The van der Waals surface area contributed by atoms with Gasteiger partial charge in [-0.25, -0.2) is 9.97 Å².